The van der Waals surface area contributed by atoms with Gasteiger partial charge in [-0.15, -0.1) is 5.11 Å². The standard InChI is InChI=1S/C11H14N6O2/c1-19-9-3-7(5(12)2-6(9)13)15-10-8(4-18)16-17-11(10)14/h2-3,8,14,18H,4,12-13H2,1H3. The molecule has 19 heavy (non-hydrogen) atoms. The Kier molecular flexibility index (Phi) is 3.43. The van der Waals surface area contributed by atoms with Crippen LogP contribution in [0.15, 0.2) is 27.4 Å². The van der Waals surface area contributed by atoms with Crippen molar-refractivity contribution in [3.63, 3.8) is 0 Å². The van der Waals surface area contributed by atoms with Crippen LogP contribution in [0.1, 0.15) is 0 Å². The Morgan fingerprint density at radius 3 is 2.79 bits per heavy atom. The van der Waals surface area contributed by atoms with Crippen LogP contribution in [-0.2, 0) is 0 Å². The molecule has 2 rings (SSSR count). The van der Waals surface area contributed by atoms with Crippen LogP contribution in [0.25, 0.3) is 0 Å². The van der Waals surface area contributed by atoms with Gasteiger partial charge in [-0.05, 0) is 6.07 Å². The van der Waals surface area contributed by atoms with Crippen molar-refractivity contribution in [1.82, 2.24) is 0 Å². The lowest BCUT2D eigenvalue weighted by Crippen LogP contribution is -2.23. The molecular weight excluding hydrogens is 248 g/mol. The summed E-state index contributed by atoms with van der Waals surface area (Å²) in [5, 5.41) is 24.0. The van der Waals surface area contributed by atoms with Crippen molar-refractivity contribution in [2.24, 2.45) is 15.2 Å². The van der Waals surface area contributed by atoms with Gasteiger partial charge in [-0.3, -0.25) is 5.41 Å². The van der Waals surface area contributed by atoms with E-state index in [0.717, 1.165) is 0 Å². The Hall–Kier alpha value is -2.48. The number of methoxy groups -OCH3 is 1. The highest BCUT2D eigenvalue weighted by Gasteiger charge is 2.25. The summed E-state index contributed by atoms with van der Waals surface area (Å²) in [6, 6.07) is 2.46. The predicted molar refractivity (Wildman–Crippen MR) is 72.4 cm³/mol. The molecule has 1 aliphatic heterocycles. The Morgan fingerprint density at radius 2 is 2.16 bits per heavy atom. The molecule has 1 heterocycles. The van der Waals surface area contributed by atoms with Gasteiger partial charge in [0.2, 0.25) is 0 Å². The number of anilines is 2. The van der Waals surface area contributed by atoms with Gasteiger partial charge in [0.15, 0.2) is 5.84 Å². The second-order valence-electron chi connectivity index (χ2n) is 3.91. The highest BCUT2D eigenvalue weighted by Crippen LogP contribution is 2.33. The number of nitrogen functional groups attached to an aromatic ring is 2. The number of benzene rings is 1. The molecule has 8 heteroatoms. The van der Waals surface area contributed by atoms with Gasteiger partial charge < -0.3 is 21.3 Å². The summed E-state index contributed by atoms with van der Waals surface area (Å²) in [4.78, 5) is 4.22. The summed E-state index contributed by atoms with van der Waals surface area (Å²) in [5.41, 5.74) is 13.0. The minimum atomic E-state index is -0.629. The number of nitrogens with zero attached hydrogens (tertiary/aromatic N) is 3. The number of nitrogens with two attached hydrogens (primary N) is 2. The number of rotatable bonds is 3. The molecule has 0 fully saturated rings. The highest BCUT2D eigenvalue weighted by atomic mass is 16.5. The van der Waals surface area contributed by atoms with Gasteiger partial charge in [0.05, 0.1) is 30.8 Å². The Balaban J connectivity index is 2.45. The van der Waals surface area contributed by atoms with Gasteiger partial charge in [0.1, 0.15) is 17.5 Å². The van der Waals surface area contributed by atoms with E-state index in [2.05, 4.69) is 15.2 Å². The number of aliphatic hydroxyl groups excluding tert-OH is 1. The van der Waals surface area contributed by atoms with Crippen molar-refractivity contribution >= 4 is 28.6 Å². The fraction of sp³-hybridized carbons (Fsp3) is 0.273. The first-order valence-electron chi connectivity index (χ1n) is 5.49. The molecule has 0 aliphatic carbocycles. The van der Waals surface area contributed by atoms with Crippen molar-refractivity contribution < 1.29 is 9.84 Å². The molecule has 0 aromatic heterocycles. The third kappa shape index (κ3) is 2.38. The molecule has 0 saturated carbocycles. The number of azo groups is 1. The van der Waals surface area contributed by atoms with Gasteiger partial charge >= 0.3 is 0 Å². The van der Waals surface area contributed by atoms with Gasteiger partial charge in [-0.1, -0.05) is 0 Å². The number of ether oxygens (including phenoxy) is 1. The normalized spacial score (nSPS) is 20.2. The van der Waals surface area contributed by atoms with Crippen LogP contribution in [0.4, 0.5) is 17.1 Å². The van der Waals surface area contributed by atoms with E-state index >= 15 is 0 Å². The topological polar surface area (TPSA) is 142 Å². The minimum Gasteiger partial charge on any atom is -0.495 e. The number of hydrogen-bond donors (Lipinski definition) is 4. The first-order valence-corrected chi connectivity index (χ1v) is 5.49. The van der Waals surface area contributed by atoms with E-state index in [4.69, 9.17) is 26.7 Å². The minimum absolute atomic E-state index is 0.0887. The molecule has 1 aromatic rings. The van der Waals surface area contributed by atoms with Crippen LogP contribution < -0.4 is 16.2 Å². The van der Waals surface area contributed by atoms with E-state index in [9.17, 15) is 0 Å². The zero-order valence-corrected chi connectivity index (χ0v) is 10.3. The molecular formula is C11H14N6O2. The maximum absolute atomic E-state index is 9.14. The van der Waals surface area contributed by atoms with Crippen molar-refractivity contribution in [3.8, 4) is 5.75 Å². The molecule has 1 aliphatic rings. The molecule has 100 valence electrons. The van der Waals surface area contributed by atoms with Crippen molar-refractivity contribution in [3.05, 3.63) is 12.1 Å². The van der Waals surface area contributed by atoms with E-state index in [1.165, 1.54) is 13.2 Å². The smallest absolute Gasteiger partial charge is 0.190 e. The van der Waals surface area contributed by atoms with Crippen LogP contribution in [0.3, 0.4) is 0 Å². The van der Waals surface area contributed by atoms with Crippen LogP contribution >= 0.6 is 0 Å². The zero-order chi connectivity index (χ0) is 14.0. The number of nitrogens with one attached hydrogen (secondary N) is 1. The number of hydrogen-bond acceptors (Lipinski definition) is 7. The summed E-state index contributed by atoms with van der Waals surface area (Å²) in [6.07, 6.45) is 0. The van der Waals surface area contributed by atoms with E-state index in [1.807, 2.05) is 0 Å². The molecule has 1 aromatic carbocycles. The van der Waals surface area contributed by atoms with Gasteiger partial charge in [-0.2, -0.15) is 5.11 Å². The molecule has 0 radical (unpaired) electrons. The van der Waals surface area contributed by atoms with Crippen LogP contribution in [0, 0.1) is 5.41 Å². The fourth-order valence-corrected chi connectivity index (χ4v) is 1.65. The first kappa shape index (κ1) is 13.0. The van der Waals surface area contributed by atoms with Crippen LogP contribution in [-0.4, -0.2) is 36.4 Å². The third-order valence-corrected chi connectivity index (χ3v) is 2.65. The SMILES string of the molecule is COc1cc(N=C2C(=N)N=NC2CO)c(N)cc1N. The number of amidine groups is 1. The largest absolute Gasteiger partial charge is 0.495 e. The van der Waals surface area contributed by atoms with Gasteiger partial charge in [-0.25, -0.2) is 4.99 Å². The maximum Gasteiger partial charge on any atom is 0.190 e. The Morgan fingerprint density at radius 1 is 1.42 bits per heavy atom. The summed E-state index contributed by atoms with van der Waals surface area (Å²) in [5.74, 6) is 0.349. The number of aliphatic imine (C=N–C) groups is 1. The molecule has 1 atom stereocenters. The Labute approximate surface area is 109 Å². The third-order valence-electron chi connectivity index (χ3n) is 2.65. The van der Waals surface area contributed by atoms with Crippen LogP contribution in [0.2, 0.25) is 0 Å². The first-order chi connectivity index (χ1) is 9.06. The molecule has 6 N–H and O–H groups in total. The molecule has 0 bridgehead atoms. The van der Waals surface area contributed by atoms with Crippen molar-refractivity contribution in [2.45, 2.75) is 6.04 Å². The van der Waals surface area contributed by atoms with E-state index in [-0.39, 0.29) is 18.2 Å². The zero-order valence-electron chi connectivity index (χ0n) is 10.3. The average molecular weight is 262 g/mol. The van der Waals surface area contributed by atoms with E-state index < -0.39 is 6.04 Å². The molecule has 0 saturated heterocycles. The Bertz CT molecular complexity index is 581. The fourth-order valence-electron chi connectivity index (χ4n) is 1.65. The van der Waals surface area contributed by atoms with Gasteiger partial charge in [0, 0.05) is 6.07 Å². The van der Waals surface area contributed by atoms with E-state index in [1.54, 1.807) is 6.07 Å². The van der Waals surface area contributed by atoms with E-state index in [0.29, 0.717) is 22.8 Å². The lowest BCUT2D eigenvalue weighted by atomic mass is 10.1. The molecule has 0 spiro atoms. The average Bonchev–Trinajstić information content (AvgIpc) is 2.73. The summed E-state index contributed by atoms with van der Waals surface area (Å²) < 4.78 is 5.09. The summed E-state index contributed by atoms with van der Waals surface area (Å²) >= 11 is 0. The summed E-state index contributed by atoms with van der Waals surface area (Å²) in [7, 11) is 1.48. The lowest BCUT2D eigenvalue weighted by Gasteiger charge is -2.09. The monoisotopic (exact) mass is 262 g/mol. The maximum atomic E-state index is 9.14. The number of aliphatic hydroxyl groups is 1. The van der Waals surface area contributed by atoms with Crippen molar-refractivity contribution in [1.29, 1.82) is 5.41 Å². The van der Waals surface area contributed by atoms with Crippen molar-refractivity contribution in [2.75, 3.05) is 25.2 Å². The lowest BCUT2D eigenvalue weighted by molar-refractivity contribution is 0.290. The van der Waals surface area contributed by atoms with Gasteiger partial charge in [0.25, 0.3) is 0 Å². The molecule has 0 amide bonds. The second-order valence-corrected chi connectivity index (χ2v) is 3.91. The predicted octanol–water partition coefficient (Wildman–Crippen LogP) is 0.736. The van der Waals surface area contributed by atoms with Crippen LogP contribution in [0.5, 0.6) is 5.75 Å². The second kappa shape index (κ2) is 5.02. The molecule has 8 nitrogen and oxygen atoms in total. The highest BCUT2D eigenvalue weighted by molar-refractivity contribution is 6.44. The molecule has 1 unspecified atom stereocenters. The quantitative estimate of drug-likeness (QED) is 0.595. The summed E-state index contributed by atoms with van der Waals surface area (Å²) in [6.45, 7) is -0.267.